The van der Waals surface area contributed by atoms with E-state index < -0.39 is 5.82 Å². The van der Waals surface area contributed by atoms with Gasteiger partial charge in [0.2, 0.25) is 0 Å². The van der Waals surface area contributed by atoms with Gasteiger partial charge in [-0.25, -0.2) is 4.39 Å². The summed E-state index contributed by atoms with van der Waals surface area (Å²) in [5, 5.41) is 0.243. The second-order valence-electron chi connectivity index (χ2n) is 2.91. The van der Waals surface area contributed by atoms with Crippen molar-refractivity contribution in [3.63, 3.8) is 0 Å². The smallest absolute Gasteiger partial charge is 0.163 e. The number of carbonyl (C=O) groups is 1. The normalized spacial score (nSPS) is 9.86. The van der Waals surface area contributed by atoms with E-state index in [4.69, 9.17) is 11.6 Å². The van der Waals surface area contributed by atoms with Crippen LogP contribution in [0.15, 0.2) is 30.9 Å². The third-order valence-corrected chi connectivity index (χ3v) is 1.98. The van der Waals surface area contributed by atoms with Crippen LogP contribution in [0.5, 0.6) is 0 Å². The molecule has 0 aliphatic carbocycles. The summed E-state index contributed by atoms with van der Waals surface area (Å²) in [6, 6.07) is 3.83. The third-order valence-electron chi connectivity index (χ3n) is 1.76. The number of allylic oxidation sites excluding steroid dienone is 1. The lowest BCUT2D eigenvalue weighted by atomic mass is 10.1. The van der Waals surface area contributed by atoms with Gasteiger partial charge in [0.15, 0.2) is 5.78 Å². The maximum absolute atomic E-state index is 12.9. The summed E-state index contributed by atoms with van der Waals surface area (Å²) in [7, 11) is 0. The number of rotatable bonds is 4. The fourth-order valence-electron chi connectivity index (χ4n) is 1.09. The highest BCUT2D eigenvalue weighted by Crippen LogP contribution is 2.15. The van der Waals surface area contributed by atoms with Gasteiger partial charge in [0.25, 0.3) is 0 Å². The van der Waals surface area contributed by atoms with Crippen molar-refractivity contribution in [2.45, 2.75) is 12.8 Å². The van der Waals surface area contributed by atoms with Gasteiger partial charge in [0.1, 0.15) is 5.82 Å². The standard InChI is InChI=1S/C11H10ClFO/c1-2-3-4-11(14)8-5-9(12)7-10(13)6-8/h2,5-7H,1,3-4H2. The molecule has 0 heterocycles. The van der Waals surface area contributed by atoms with E-state index >= 15 is 0 Å². The minimum absolute atomic E-state index is 0.119. The van der Waals surface area contributed by atoms with E-state index in [1.54, 1.807) is 6.08 Å². The van der Waals surface area contributed by atoms with Crippen LogP contribution in [-0.4, -0.2) is 5.78 Å². The molecule has 0 amide bonds. The molecule has 0 atom stereocenters. The second-order valence-corrected chi connectivity index (χ2v) is 3.35. The van der Waals surface area contributed by atoms with Gasteiger partial charge in [0.05, 0.1) is 0 Å². The van der Waals surface area contributed by atoms with Crippen LogP contribution < -0.4 is 0 Å². The molecule has 1 nitrogen and oxygen atoms in total. The lowest BCUT2D eigenvalue weighted by Crippen LogP contribution is -1.98. The summed E-state index contributed by atoms with van der Waals surface area (Å²) in [6.45, 7) is 3.51. The lowest BCUT2D eigenvalue weighted by molar-refractivity contribution is 0.0983. The minimum atomic E-state index is -0.487. The van der Waals surface area contributed by atoms with E-state index in [-0.39, 0.29) is 10.8 Å². The number of Topliss-reactive ketones (excluding diaryl/α,β-unsaturated/α-hetero) is 1. The molecule has 0 saturated carbocycles. The molecule has 0 aromatic heterocycles. The molecule has 0 fully saturated rings. The number of carbonyl (C=O) groups excluding carboxylic acids is 1. The topological polar surface area (TPSA) is 17.1 Å². The van der Waals surface area contributed by atoms with Crippen LogP contribution >= 0.6 is 11.6 Å². The minimum Gasteiger partial charge on any atom is -0.294 e. The molecule has 0 saturated heterocycles. The molecular formula is C11H10ClFO. The van der Waals surface area contributed by atoms with Crippen LogP contribution in [0.1, 0.15) is 23.2 Å². The van der Waals surface area contributed by atoms with Crippen molar-refractivity contribution in [3.05, 3.63) is 47.3 Å². The van der Waals surface area contributed by atoms with Crippen molar-refractivity contribution in [1.29, 1.82) is 0 Å². The van der Waals surface area contributed by atoms with Gasteiger partial charge in [-0.2, -0.15) is 0 Å². The SMILES string of the molecule is C=CCCC(=O)c1cc(F)cc(Cl)c1. The molecule has 1 aromatic rings. The first-order valence-corrected chi connectivity index (χ1v) is 4.61. The zero-order chi connectivity index (χ0) is 10.6. The largest absolute Gasteiger partial charge is 0.294 e. The Balaban J connectivity index is 2.84. The second kappa shape index (κ2) is 4.91. The first-order chi connectivity index (χ1) is 6.63. The summed E-state index contributed by atoms with van der Waals surface area (Å²) in [5.41, 5.74) is 0.317. The van der Waals surface area contributed by atoms with Crippen LogP contribution in [0.25, 0.3) is 0 Å². The Hall–Kier alpha value is -1.15. The van der Waals surface area contributed by atoms with Crippen molar-refractivity contribution in [1.82, 2.24) is 0 Å². The van der Waals surface area contributed by atoms with Crippen LogP contribution in [0, 0.1) is 5.82 Å². The molecule has 0 spiro atoms. The predicted molar refractivity (Wildman–Crippen MR) is 55.2 cm³/mol. The average Bonchev–Trinajstić information content (AvgIpc) is 2.12. The Morgan fingerprint density at radius 2 is 2.21 bits per heavy atom. The van der Waals surface area contributed by atoms with Crippen molar-refractivity contribution in [2.75, 3.05) is 0 Å². The van der Waals surface area contributed by atoms with E-state index in [0.717, 1.165) is 0 Å². The monoisotopic (exact) mass is 212 g/mol. The van der Waals surface area contributed by atoms with Crippen LogP contribution in [0.3, 0.4) is 0 Å². The van der Waals surface area contributed by atoms with Crippen LogP contribution in [-0.2, 0) is 0 Å². The Bertz CT molecular complexity index is 340. The Morgan fingerprint density at radius 3 is 2.79 bits per heavy atom. The van der Waals surface area contributed by atoms with Crippen LogP contribution in [0.4, 0.5) is 4.39 Å². The van der Waals surface area contributed by atoms with Crippen molar-refractivity contribution >= 4 is 17.4 Å². The quantitative estimate of drug-likeness (QED) is 0.550. The third kappa shape index (κ3) is 2.96. The maximum atomic E-state index is 12.9. The molecule has 0 aliphatic rings. The maximum Gasteiger partial charge on any atom is 0.163 e. The molecule has 3 heteroatoms. The summed E-state index contributed by atoms with van der Waals surface area (Å²) in [6.07, 6.45) is 2.58. The van der Waals surface area contributed by atoms with E-state index in [2.05, 4.69) is 6.58 Å². The molecule has 0 bridgehead atoms. The van der Waals surface area contributed by atoms with Gasteiger partial charge >= 0.3 is 0 Å². The molecule has 1 rings (SSSR count). The van der Waals surface area contributed by atoms with Gasteiger partial charge in [-0.3, -0.25) is 4.79 Å². The summed E-state index contributed by atoms with van der Waals surface area (Å²) < 4.78 is 12.9. The Morgan fingerprint density at radius 1 is 1.50 bits per heavy atom. The zero-order valence-electron chi connectivity index (χ0n) is 7.59. The van der Waals surface area contributed by atoms with Gasteiger partial charge in [-0.05, 0) is 24.6 Å². The lowest BCUT2D eigenvalue weighted by Gasteiger charge is -2.00. The van der Waals surface area contributed by atoms with E-state index in [1.165, 1.54) is 18.2 Å². The fraction of sp³-hybridized carbons (Fsp3) is 0.182. The molecule has 0 N–H and O–H groups in total. The fourth-order valence-corrected chi connectivity index (χ4v) is 1.31. The number of hydrogen-bond acceptors (Lipinski definition) is 1. The molecule has 14 heavy (non-hydrogen) atoms. The summed E-state index contributed by atoms with van der Waals surface area (Å²) >= 11 is 5.62. The molecule has 0 aliphatic heterocycles. The number of hydrogen-bond donors (Lipinski definition) is 0. The van der Waals surface area contributed by atoms with Gasteiger partial charge in [0, 0.05) is 17.0 Å². The summed E-state index contributed by atoms with van der Waals surface area (Å²) in [4.78, 5) is 11.4. The first-order valence-electron chi connectivity index (χ1n) is 4.23. The number of benzene rings is 1. The van der Waals surface area contributed by atoms with Gasteiger partial charge in [-0.1, -0.05) is 17.7 Å². The number of ketones is 1. The zero-order valence-corrected chi connectivity index (χ0v) is 8.35. The molecule has 0 radical (unpaired) electrons. The molecule has 1 aromatic carbocycles. The summed E-state index contributed by atoms with van der Waals surface area (Å²) in [5.74, 6) is -0.606. The number of halogens is 2. The van der Waals surface area contributed by atoms with Crippen molar-refractivity contribution in [3.8, 4) is 0 Å². The molecule has 0 unspecified atom stereocenters. The Labute approximate surface area is 87.2 Å². The first kappa shape index (κ1) is 10.9. The van der Waals surface area contributed by atoms with Gasteiger partial charge < -0.3 is 0 Å². The van der Waals surface area contributed by atoms with E-state index in [1.807, 2.05) is 0 Å². The Kier molecular flexibility index (Phi) is 3.84. The van der Waals surface area contributed by atoms with Crippen LogP contribution in [0.2, 0.25) is 5.02 Å². The highest BCUT2D eigenvalue weighted by atomic mass is 35.5. The highest BCUT2D eigenvalue weighted by molar-refractivity contribution is 6.31. The van der Waals surface area contributed by atoms with E-state index in [0.29, 0.717) is 18.4 Å². The van der Waals surface area contributed by atoms with Gasteiger partial charge in [-0.15, -0.1) is 6.58 Å². The molecule has 74 valence electrons. The van der Waals surface area contributed by atoms with E-state index in [9.17, 15) is 9.18 Å². The van der Waals surface area contributed by atoms with Crippen molar-refractivity contribution in [2.24, 2.45) is 0 Å². The highest BCUT2D eigenvalue weighted by Gasteiger charge is 2.07. The predicted octanol–water partition coefficient (Wildman–Crippen LogP) is 3.63. The molecular weight excluding hydrogens is 203 g/mol. The van der Waals surface area contributed by atoms with Crippen molar-refractivity contribution < 1.29 is 9.18 Å². The average molecular weight is 213 g/mol.